The highest BCUT2D eigenvalue weighted by Gasteiger charge is 1.67. The van der Waals surface area contributed by atoms with E-state index in [1.807, 2.05) is 13.8 Å². The predicted octanol–water partition coefficient (Wildman–Crippen LogP) is 0.948. The van der Waals surface area contributed by atoms with Crippen LogP contribution in [0.15, 0.2) is 4.99 Å². The Balaban J connectivity index is 2.78. The minimum atomic E-state index is 0.656. The molecule has 0 atom stereocenters. The molecule has 0 aliphatic rings. The normalized spacial score (nSPS) is 10.0. The van der Waals surface area contributed by atoms with Crippen LogP contribution in [0.2, 0.25) is 0 Å². The zero-order valence-electron chi connectivity index (χ0n) is 4.77. The Labute approximate surface area is 44.2 Å². The zero-order chi connectivity index (χ0) is 5.54. The minimum absolute atomic E-state index is 0.656. The van der Waals surface area contributed by atoms with E-state index in [0.717, 1.165) is 6.54 Å². The van der Waals surface area contributed by atoms with Gasteiger partial charge in [0.2, 0.25) is 0 Å². The number of hydrogen-bond acceptors (Lipinski definition) is 2. The summed E-state index contributed by atoms with van der Waals surface area (Å²) in [6.07, 6.45) is 2.41. The van der Waals surface area contributed by atoms with Crippen molar-refractivity contribution in [1.29, 1.82) is 0 Å². The molecule has 0 aromatic heterocycles. The minimum Gasteiger partial charge on any atom is -0.474 e. The maximum atomic E-state index is 4.66. The molecule has 2 nitrogen and oxygen atoms in total. The van der Waals surface area contributed by atoms with Crippen LogP contribution in [0.1, 0.15) is 13.8 Å². The van der Waals surface area contributed by atoms with Crippen molar-refractivity contribution in [2.45, 2.75) is 13.8 Å². The van der Waals surface area contributed by atoms with E-state index in [1.54, 1.807) is 0 Å². The number of ether oxygens (including phenoxy) is 1. The van der Waals surface area contributed by atoms with E-state index in [-0.39, 0.29) is 0 Å². The second-order valence-corrected chi connectivity index (χ2v) is 0.999. The van der Waals surface area contributed by atoms with Gasteiger partial charge in [-0.25, -0.2) is 4.99 Å². The molecule has 0 saturated heterocycles. The average Bonchev–Trinajstić information content (AvgIpc) is 1.69. The fourth-order valence-electron chi connectivity index (χ4n) is 0.175. The van der Waals surface area contributed by atoms with E-state index in [1.165, 1.54) is 0 Å². The summed E-state index contributed by atoms with van der Waals surface area (Å²) in [6, 6.07) is 0. The van der Waals surface area contributed by atoms with Crippen LogP contribution in [0.4, 0.5) is 0 Å². The molecular weight excluding hydrogens is 90.1 g/mol. The molecule has 0 rings (SSSR count). The fourth-order valence-corrected chi connectivity index (χ4v) is 0.175. The van der Waals surface area contributed by atoms with E-state index in [4.69, 9.17) is 0 Å². The molecule has 0 spiro atoms. The Morgan fingerprint density at radius 3 is 2.71 bits per heavy atom. The molecule has 0 heterocycles. The molecule has 0 aromatic rings. The lowest BCUT2D eigenvalue weighted by atomic mass is 10.8. The lowest BCUT2D eigenvalue weighted by Gasteiger charge is -1.85. The molecular formula is C5H10NO. The zero-order valence-corrected chi connectivity index (χ0v) is 4.77. The number of aliphatic imine (C=N–C) groups is 1. The van der Waals surface area contributed by atoms with Crippen molar-refractivity contribution in [3.05, 3.63) is 0 Å². The topological polar surface area (TPSA) is 21.6 Å². The van der Waals surface area contributed by atoms with Crippen molar-refractivity contribution in [3.63, 3.8) is 0 Å². The predicted molar refractivity (Wildman–Crippen MR) is 29.6 cm³/mol. The van der Waals surface area contributed by atoms with E-state index in [2.05, 4.69) is 16.1 Å². The lowest BCUT2D eigenvalue weighted by Crippen LogP contribution is -1.84. The molecule has 0 amide bonds. The van der Waals surface area contributed by atoms with Crippen molar-refractivity contribution in [3.8, 4) is 0 Å². The van der Waals surface area contributed by atoms with Crippen LogP contribution in [0.3, 0.4) is 0 Å². The largest absolute Gasteiger partial charge is 0.474 e. The van der Waals surface area contributed by atoms with Gasteiger partial charge in [-0.1, -0.05) is 0 Å². The first kappa shape index (κ1) is 6.47. The van der Waals surface area contributed by atoms with Gasteiger partial charge in [-0.3, -0.25) is 0 Å². The Morgan fingerprint density at radius 2 is 2.29 bits per heavy atom. The first-order valence-corrected chi connectivity index (χ1v) is 2.45. The van der Waals surface area contributed by atoms with Gasteiger partial charge in [0, 0.05) is 6.54 Å². The van der Waals surface area contributed by atoms with Gasteiger partial charge in [0.15, 0.2) is 0 Å². The molecule has 1 radical (unpaired) electrons. The van der Waals surface area contributed by atoms with E-state index in [9.17, 15) is 0 Å². The summed E-state index contributed by atoms with van der Waals surface area (Å²) in [6.45, 7) is 5.24. The highest BCUT2D eigenvalue weighted by molar-refractivity contribution is 5.45. The molecule has 41 valence electrons. The number of rotatable bonds is 3. The van der Waals surface area contributed by atoms with Gasteiger partial charge in [0.1, 0.15) is 0 Å². The number of hydrogen-bond donors (Lipinski definition) is 0. The van der Waals surface area contributed by atoms with Gasteiger partial charge in [-0.2, -0.15) is 0 Å². The maximum Gasteiger partial charge on any atom is 0.272 e. The molecule has 7 heavy (non-hydrogen) atoms. The third-order valence-corrected chi connectivity index (χ3v) is 0.432. The molecule has 0 aromatic carbocycles. The summed E-state index contributed by atoms with van der Waals surface area (Å²) in [4.78, 5) is 3.69. The monoisotopic (exact) mass is 100 g/mol. The average molecular weight is 100 g/mol. The third kappa shape index (κ3) is 5.47. The van der Waals surface area contributed by atoms with E-state index < -0.39 is 0 Å². The second kappa shape index (κ2) is 5.47. The maximum absolute atomic E-state index is 4.66. The van der Waals surface area contributed by atoms with Crippen LogP contribution < -0.4 is 0 Å². The third-order valence-electron chi connectivity index (χ3n) is 0.432. The van der Waals surface area contributed by atoms with Crippen molar-refractivity contribution in [1.82, 2.24) is 0 Å². The van der Waals surface area contributed by atoms with Crippen molar-refractivity contribution in [2.75, 3.05) is 13.2 Å². The number of nitrogens with zero attached hydrogens (tertiary/aromatic N) is 1. The van der Waals surface area contributed by atoms with Gasteiger partial charge in [-0.05, 0) is 13.8 Å². The SMILES string of the molecule is CC/N=[C]/OCC. The van der Waals surface area contributed by atoms with Gasteiger partial charge < -0.3 is 4.74 Å². The first-order valence-electron chi connectivity index (χ1n) is 2.45. The molecule has 0 saturated carbocycles. The smallest absolute Gasteiger partial charge is 0.272 e. The quantitative estimate of drug-likeness (QED) is 0.382. The van der Waals surface area contributed by atoms with E-state index >= 15 is 0 Å². The summed E-state index contributed by atoms with van der Waals surface area (Å²) < 4.78 is 4.66. The van der Waals surface area contributed by atoms with Crippen LogP contribution in [0.5, 0.6) is 0 Å². The summed E-state index contributed by atoms with van der Waals surface area (Å²) >= 11 is 0. The summed E-state index contributed by atoms with van der Waals surface area (Å²) in [5.41, 5.74) is 0. The Hall–Kier alpha value is -0.530. The molecule has 0 unspecified atom stereocenters. The van der Waals surface area contributed by atoms with Crippen LogP contribution >= 0.6 is 0 Å². The summed E-state index contributed by atoms with van der Waals surface area (Å²) in [5.74, 6) is 0. The molecule has 0 fully saturated rings. The van der Waals surface area contributed by atoms with Gasteiger partial charge in [0.25, 0.3) is 6.40 Å². The highest BCUT2D eigenvalue weighted by Crippen LogP contribution is 1.66. The van der Waals surface area contributed by atoms with Crippen LogP contribution in [0, 0.1) is 0 Å². The standard InChI is InChI=1S/C5H10NO/c1-3-6-5-7-4-2/h3-4H2,1-2H3. The molecule has 0 aliphatic carbocycles. The van der Waals surface area contributed by atoms with Crippen molar-refractivity contribution < 1.29 is 4.74 Å². The Kier molecular flexibility index (Phi) is 5.06. The van der Waals surface area contributed by atoms with Crippen LogP contribution in [-0.2, 0) is 4.74 Å². The van der Waals surface area contributed by atoms with Crippen LogP contribution in [0.25, 0.3) is 0 Å². The van der Waals surface area contributed by atoms with Gasteiger partial charge >= 0.3 is 0 Å². The molecule has 0 bridgehead atoms. The molecule has 0 aliphatic heterocycles. The van der Waals surface area contributed by atoms with Crippen LogP contribution in [-0.4, -0.2) is 19.6 Å². The lowest BCUT2D eigenvalue weighted by molar-refractivity contribution is 0.342. The molecule has 2 heteroatoms. The van der Waals surface area contributed by atoms with E-state index in [0.29, 0.717) is 6.61 Å². The fraction of sp³-hybridized carbons (Fsp3) is 0.800. The Morgan fingerprint density at radius 1 is 1.57 bits per heavy atom. The van der Waals surface area contributed by atoms with Gasteiger partial charge in [-0.15, -0.1) is 0 Å². The first-order chi connectivity index (χ1) is 3.41. The van der Waals surface area contributed by atoms with Gasteiger partial charge in [0.05, 0.1) is 6.61 Å². The summed E-state index contributed by atoms with van der Waals surface area (Å²) in [7, 11) is 0. The highest BCUT2D eigenvalue weighted by atomic mass is 16.5. The Bertz CT molecular complexity index is 52.0. The van der Waals surface area contributed by atoms with Crippen molar-refractivity contribution in [2.24, 2.45) is 4.99 Å². The van der Waals surface area contributed by atoms with Crippen molar-refractivity contribution >= 4 is 6.40 Å². The summed E-state index contributed by atoms with van der Waals surface area (Å²) in [5, 5.41) is 0. The molecule has 0 N–H and O–H groups in total. The second-order valence-electron chi connectivity index (χ2n) is 0.999.